The molecular weight excluding hydrogens is 450 g/mol. The molecular formula is C22H19BrClN5. The van der Waals surface area contributed by atoms with Crippen molar-refractivity contribution in [2.75, 3.05) is 5.32 Å². The van der Waals surface area contributed by atoms with Crippen LogP contribution in [0.4, 0.5) is 5.69 Å². The van der Waals surface area contributed by atoms with Gasteiger partial charge in [0.15, 0.2) is 5.82 Å². The summed E-state index contributed by atoms with van der Waals surface area (Å²) in [5, 5.41) is 16.9. The second kappa shape index (κ2) is 8.35. The number of tetrazole rings is 1. The summed E-state index contributed by atoms with van der Waals surface area (Å²) in [6.45, 7) is 4.11. The van der Waals surface area contributed by atoms with Crippen molar-refractivity contribution >= 4 is 33.2 Å². The van der Waals surface area contributed by atoms with Gasteiger partial charge in [0.05, 0.1) is 5.69 Å². The van der Waals surface area contributed by atoms with E-state index >= 15 is 0 Å². The van der Waals surface area contributed by atoms with Crippen molar-refractivity contribution in [3.05, 3.63) is 98.7 Å². The summed E-state index contributed by atoms with van der Waals surface area (Å²) in [4.78, 5) is 0. The molecule has 5 nitrogen and oxygen atoms in total. The lowest BCUT2D eigenvalue weighted by Gasteiger charge is -2.22. The van der Waals surface area contributed by atoms with Crippen molar-refractivity contribution < 1.29 is 0 Å². The Morgan fingerprint density at radius 1 is 0.931 bits per heavy atom. The quantitative estimate of drug-likeness (QED) is 0.396. The van der Waals surface area contributed by atoms with Crippen LogP contribution in [0.1, 0.15) is 28.6 Å². The van der Waals surface area contributed by atoms with E-state index in [0.717, 1.165) is 32.5 Å². The normalized spacial score (nSPS) is 12.0. The van der Waals surface area contributed by atoms with E-state index in [2.05, 4.69) is 62.8 Å². The van der Waals surface area contributed by atoms with Crippen LogP contribution in [-0.4, -0.2) is 20.2 Å². The number of hydrogen-bond acceptors (Lipinski definition) is 4. The van der Waals surface area contributed by atoms with Crippen molar-refractivity contribution in [3.63, 3.8) is 0 Å². The van der Waals surface area contributed by atoms with E-state index in [-0.39, 0.29) is 6.04 Å². The van der Waals surface area contributed by atoms with E-state index in [1.54, 1.807) is 4.68 Å². The summed E-state index contributed by atoms with van der Waals surface area (Å²) in [7, 11) is 0. The largest absolute Gasteiger partial charge is 0.371 e. The molecule has 0 saturated heterocycles. The molecule has 0 radical (unpaired) electrons. The molecule has 0 aliphatic carbocycles. The molecule has 4 aromatic rings. The van der Waals surface area contributed by atoms with Gasteiger partial charge in [-0.3, -0.25) is 0 Å². The molecule has 0 aliphatic rings. The predicted octanol–water partition coefficient (Wildman–Crippen LogP) is 5.90. The number of benzene rings is 3. The van der Waals surface area contributed by atoms with Gasteiger partial charge in [-0.1, -0.05) is 63.9 Å². The first-order chi connectivity index (χ1) is 14.0. The van der Waals surface area contributed by atoms with Gasteiger partial charge < -0.3 is 5.32 Å². The van der Waals surface area contributed by atoms with E-state index < -0.39 is 0 Å². The Labute approximate surface area is 182 Å². The van der Waals surface area contributed by atoms with Crippen LogP contribution in [0, 0.1) is 13.8 Å². The molecule has 146 valence electrons. The topological polar surface area (TPSA) is 55.6 Å². The molecule has 29 heavy (non-hydrogen) atoms. The monoisotopic (exact) mass is 467 g/mol. The number of anilines is 1. The summed E-state index contributed by atoms with van der Waals surface area (Å²) in [5.74, 6) is 0.665. The molecule has 1 aromatic heterocycles. The molecule has 0 spiro atoms. The van der Waals surface area contributed by atoms with E-state index in [1.807, 2.05) is 54.6 Å². The Morgan fingerprint density at radius 2 is 1.62 bits per heavy atom. The highest BCUT2D eigenvalue weighted by molar-refractivity contribution is 9.10. The summed E-state index contributed by atoms with van der Waals surface area (Å²) in [6.07, 6.45) is 0. The van der Waals surface area contributed by atoms with Crippen molar-refractivity contribution in [1.29, 1.82) is 0 Å². The third kappa shape index (κ3) is 4.04. The minimum atomic E-state index is -0.334. The fourth-order valence-corrected chi connectivity index (χ4v) is 3.89. The van der Waals surface area contributed by atoms with E-state index in [4.69, 9.17) is 11.6 Å². The number of aromatic nitrogens is 4. The van der Waals surface area contributed by atoms with E-state index in [1.165, 1.54) is 0 Å². The summed E-state index contributed by atoms with van der Waals surface area (Å²) < 4.78 is 2.81. The molecule has 1 N–H and O–H groups in total. The maximum Gasteiger partial charge on any atom is 0.183 e. The van der Waals surface area contributed by atoms with E-state index in [9.17, 15) is 0 Å². The molecule has 0 fully saturated rings. The van der Waals surface area contributed by atoms with Crippen LogP contribution < -0.4 is 5.32 Å². The van der Waals surface area contributed by atoms with Gasteiger partial charge in [-0.2, -0.15) is 4.68 Å². The number of rotatable bonds is 5. The van der Waals surface area contributed by atoms with Gasteiger partial charge in [0.2, 0.25) is 0 Å². The van der Waals surface area contributed by atoms with Crippen molar-refractivity contribution in [1.82, 2.24) is 20.2 Å². The molecule has 3 aromatic carbocycles. The lowest BCUT2D eigenvalue weighted by atomic mass is 10.0. The van der Waals surface area contributed by atoms with Crippen LogP contribution in [-0.2, 0) is 0 Å². The number of aryl methyl sites for hydroxylation is 2. The maximum atomic E-state index is 6.56. The highest BCUT2D eigenvalue weighted by Gasteiger charge is 2.25. The standard InChI is InChI=1S/C22H19BrClN5/c1-14-6-5-7-15(2)21(14)29-22(26-27-28-29)20(18-8-3-4-9-19(18)24)25-17-12-10-16(23)11-13-17/h3-13,20,25H,1-2H3. The minimum absolute atomic E-state index is 0.334. The zero-order valence-corrected chi connectivity index (χ0v) is 18.3. The Bertz CT molecular complexity index is 1120. The highest BCUT2D eigenvalue weighted by atomic mass is 79.9. The molecule has 1 atom stereocenters. The van der Waals surface area contributed by atoms with Gasteiger partial charge in [-0.05, 0) is 65.7 Å². The third-order valence-corrected chi connectivity index (χ3v) is 5.65. The van der Waals surface area contributed by atoms with Crippen molar-refractivity contribution in [3.8, 4) is 5.69 Å². The summed E-state index contributed by atoms with van der Waals surface area (Å²) in [5.41, 5.74) is 5.01. The van der Waals surface area contributed by atoms with Crippen LogP contribution in [0.15, 0.2) is 71.2 Å². The van der Waals surface area contributed by atoms with Gasteiger partial charge in [-0.25, -0.2) is 0 Å². The number of para-hydroxylation sites is 1. The fourth-order valence-electron chi connectivity index (χ4n) is 3.38. The molecule has 0 bridgehead atoms. The smallest absolute Gasteiger partial charge is 0.183 e. The first-order valence-corrected chi connectivity index (χ1v) is 10.3. The lowest BCUT2D eigenvalue weighted by molar-refractivity contribution is 0.731. The van der Waals surface area contributed by atoms with Crippen LogP contribution in [0.5, 0.6) is 0 Å². The molecule has 0 aliphatic heterocycles. The Morgan fingerprint density at radius 3 is 2.31 bits per heavy atom. The molecule has 0 amide bonds. The number of nitrogens with one attached hydrogen (secondary N) is 1. The van der Waals surface area contributed by atoms with Crippen molar-refractivity contribution in [2.45, 2.75) is 19.9 Å². The summed E-state index contributed by atoms with van der Waals surface area (Å²) >= 11 is 10.0. The number of hydrogen-bond donors (Lipinski definition) is 1. The average molecular weight is 469 g/mol. The lowest BCUT2D eigenvalue weighted by Crippen LogP contribution is -2.19. The van der Waals surface area contributed by atoms with Crippen LogP contribution in [0.2, 0.25) is 5.02 Å². The van der Waals surface area contributed by atoms with Gasteiger partial charge in [-0.15, -0.1) is 5.10 Å². The van der Waals surface area contributed by atoms with Crippen LogP contribution in [0.3, 0.4) is 0 Å². The zero-order valence-electron chi connectivity index (χ0n) is 16.0. The van der Waals surface area contributed by atoms with Gasteiger partial charge in [0, 0.05) is 20.7 Å². The van der Waals surface area contributed by atoms with Gasteiger partial charge in [0.25, 0.3) is 0 Å². The highest BCUT2D eigenvalue weighted by Crippen LogP contribution is 2.32. The fraction of sp³-hybridized carbons (Fsp3) is 0.136. The predicted molar refractivity (Wildman–Crippen MR) is 120 cm³/mol. The molecule has 0 saturated carbocycles. The number of nitrogens with zero attached hydrogens (tertiary/aromatic N) is 4. The Hall–Kier alpha value is -2.70. The first kappa shape index (κ1) is 19.6. The van der Waals surface area contributed by atoms with Gasteiger partial charge >= 0.3 is 0 Å². The second-order valence-electron chi connectivity index (χ2n) is 6.80. The summed E-state index contributed by atoms with van der Waals surface area (Å²) in [6, 6.07) is 21.5. The minimum Gasteiger partial charge on any atom is -0.371 e. The SMILES string of the molecule is Cc1cccc(C)c1-n1nnnc1C(Nc1ccc(Br)cc1)c1ccccc1Cl. The average Bonchev–Trinajstić information content (AvgIpc) is 3.17. The van der Waals surface area contributed by atoms with E-state index in [0.29, 0.717) is 10.8 Å². The third-order valence-electron chi connectivity index (χ3n) is 4.77. The molecule has 4 rings (SSSR count). The molecule has 7 heteroatoms. The molecule has 1 heterocycles. The van der Waals surface area contributed by atoms with Crippen molar-refractivity contribution in [2.24, 2.45) is 0 Å². The zero-order chi connectivity index (χ0) is 20.4. The van der Waals surface area contributed by atoms with Crippen LogP contribution >= 0.6 is 27.5 Å². The Kier molecular flexibility index (Phi) is 5.65. The first-order valence-electron chi connectivity index (χ1n) is 9.16. The number of halogens is 2. The second-order valence-corrected chi connectivity index (χ2v) is 8.12. The van der Waals surface area contributed by atoms with Gasteiger partial charge in [0.1, 0.15) is 6.04 Å². The maximum absolute atomic E-state index is 6.56. The van der Waals surface area contributed by atoms with Crippen LogP contribution in [0.25, 0.3) is 5.69 Å². The molecule has 1 unspecified atom stereocenters. The Balaban J connectivity index is 1.86.